The molecule has 2 rings (SSSR count). The Kier molecular flexibility index (Phi) is 4.08. The number of nitrogens with zero attached hydrogens (tertiary/aromatic N) is 2. The number of ether oxygens (including phenoxy) is 1. The van der Waals surface area contributed by atoms with Crippen molar-refractivity contribution in [2.45, 2.75) is 19.9 Å². The van der Waals surface area contributed by atoms with Crippen molar-refractivity contribution in [1.82, 2.24) is 9.78 Å². The van der Waals surface area contributed by atoms with E-state index >= 15 is 0 Å². The van der Waals surface area contributed by atoms with E-state index in [9.17, 15) is 4.79 Å². The normalized spacial score (nSPS) is 12.0. The van der Waals surface area contributed by atoms with Gasteiger partial charge in [-0.15, -0.1) is 0 Å². The lowest BCUT2D eigenvalue weighted by Crippen LogP contribution is -2.23. The van der Waals surface area contributed by atoms with Gasteiger partial charge in [0.1, 0.15) is 0 Å². The number of aryl methyl sites for hydroxylation is 2. The third-order valence-electron chi connectivity index (χ3n) is 3.47. The van der Waals surface area contributed by atoms with Gasteiger partial charge in [0.25, 0.3) is 0 Å². The van der Waals surface area contributed by atoms with Crippen LogP contribution in [0, 0.1) is 13.8 Å². The van der Waals surface area contributed by atoms with Crippen LogP contribution in [0.3, 0.4) is 0 Å². The number of hydrogen-bond acceptors (Lipinski definition) is 4. The van der Waals surface area contributed by atoms with Crippen molar-refractivity contribution >= 4 is 11.7 Å². The molecule has 0 aliphatic heterocycles. The number of esters is 1. The van der Waals surface area contributed by atoms with Crippen molar-refractivity contribution in [3.63, 3.8) is 0 Å². The van der Waals surface area contributed by atoms with Gasteiger partial charge in [0.15, 0.2) is 6.04 Å². The van der Waals surface area contributed by atoms with Crippen molar-refractivity contribution in [3.05, 3.63) is 47.3 Å². The number of methoxy groups -OCH3 is 1. The Hall–Kier alpha value is -2.30. The molecule has 1 heterocycles. The number of carbonyl (C=O) groups excluding carboxylic acids is 1. The lowest BCUT2D eigenvalue weighted by Gasteiger charge is -2.19. The summed E-state index contributed by atoms with van der Waals surface area (Å²) in [5.41, 5.74) is 3.73. The minimum absolute atomic E-state index is 0.329. The Balaban J connectivity index is 2.37. The van der Waals surface area contributed by atoms with Crippen LogP contribution in [0.1, 0.15) is 22.9 Å². The van der Waals surface area contributed by atoms with Gasteiger partial charge in [-0.25, -0.2) is 4.79 Å². The van der Waals surface area contributed by atoms with Crippen LogP contribution in [0.15, 0.2) is 30.5 Å². The van der Waals surface area contributed by atoms with Crippen LogP contribution < -0.4 is 5.32 Å². The summed E-state index contributed by atoms with van der Waals surface area (Å²) < 4.78 is 6.65. The first-order valence-electron chi connectivity index (χ1n) is 6.43. The molecule has 0 saturated heterocycles. The summed E-state index contributed by atoms with van der Waals surface area (Å²) in [5, 5.41) is 7.43. The van der Waals surface area contributed by atoms with E-state index in [2.05, 4.69) is 10.4 Å². The molecule has 1 aromatic carbocycles. The lowest BCUT2D eigenvalue weighted by molar-refractivity contribution is -0.141. The number of nitrogens with one attached hydrogen (secondary N) is 1. The second-order valence-corrected chi connectivity index (χ2v) is 4.72. The largest absolute Gasteiger partial charge is 0.467 e. The van der Waals surface area contributed by atoms with E-state index in [1.165, 1.54) is 7.11 Å². The summed E-state index contributed by atoms with van der Waals surface area (Å²) in [6.45, 7) is 3.92. The molecule has 0 saturated carbocycles. The van der Waals surface area contributed by atoms with Crippen LogP contribution in [0.5, 0.6) is 0 Å². The van der Waals surface area contributed by atoms with E-state index in [-0.39, 0.29) is 5.97 Å². The third kappa shape index (κ3) is 2.66. The van der Waals surface area contributed by atoms with Crippen molar-refractivity contribution < 1.29 is 9.53 Å². The highest BCUT2D eigenvalue weighted by atomic mass is 16.5. The van der Waals surface area contributed by atoms with E-state index in [0.717, 1.165) is 22.5 Å². The molecular formula is C15H19N3O2. The van der Waals surface area contributed by atoms with Gasteiger partial charge in [-0.1, -0.05) is 18.2 Å². The monoisotopic (exact) mass is 273 g/mol. The molecule has 0 aliphatic carbocycles. The molecule has 1 atom stereocenters. The fourth-order valence-electron chi connectivity index (χ4n) is 2.07. The van der Waals surface area contributed by atoms with E-state index < -0.39 is 6.04 Å². The number of hydrogen-bond donors (Lipinski definition) is 1. The summed E-state index contributed by atoms with van der Waals surface area (Å²) in [5.74, 6) is -0.329. The molecule has 1 unspecified atom stereocenters. The molecule has 0 aliphatic rings. The number of anilines is 1. The lowest BCUT2D eigenvalue weighted by atomic mass is 10.1. The van der Waals surface area contributed by atoms with Gasteiger partial charge in [-0.2, -0.15) is 5.10 Å². The van der Waals surface area contributed by atoms with Crippen molar-refractivity contribution in [2.24, 2.45) is 7.05 Å². The van der Waals surface area contributed by atoms with Gasteiger partial charge in [0, 0.05) is 24.0 Å². The summed E-state index contributed by atoms with van der Waals surface area (Å²) in [4.78, 5) is 12.1. The number of para-hydroxylation sites is 1. The molecule has 0 fully saturated rings. The van der Waals surface area contributed by atoms with Gasteiger partial charge in [0.05, 0.1) is 13.3 Å². The average Bonchev–Trinajstić information content (AvgIpc) is 2.77. The molecule has 5 nitrogen and oxygen atoms in total. The van der Waals surface area contributed by atoms with Gasteiger partial charge < -0.3 is 10.1 Å². The molecule has 1 aromatic heterocycles. The average molecular weight is 273 g/mol. The topological polar surface area (TPSA) is 56.1 Å². The molecule has 2 aromatic rings. The van der Waals surface area contributed by atoms with Crippen LogP contribution >= 0.6 is 0 Å². The van der Waals surface area contributed by atoms with Gasteiger partial charge in [0.2, 0.25) is 0 Å². The zero-order valence-corrected chi connectivity index (χ0v) is 12.2. The number of benzene rings is 1. The maximum atomic E-state index is 12.1. The van der Waals surface area contributed by atoms with Crippen LogP contribution in [0.4, 0.5) is 5.69 Å². The molecule has 106 valence electrons. The zero-order valence-electron chi connectivity index (χ0n) is 12.2. The van der Waals surface area contributed by atoms with Crippen LogP contribution in [0.25, 0.3) is 0 Å². The van der Waals surface area contributed by atoms with Gasteiger partial charge >= 0.3 is 5.97 Å². The number of rotatable bonds is 4. The third-order valence-corrected chi connectivity index (χ3v) is 3.47. The number of aromatic nitrogens is 2. The Morgan fingerprint density at radius 1 is 1.35 bits per heavy atom. The molecular weight excluding hydrogens is 254 g/mol. The molecule has 5 heteroatoms. The fourth-order valence-corrected chi connectivity index (χ4v) is 2.07. The maximum absolute atomic E-state index is 12.1. The van der Waals surface area contributed by atoms with Crippen molar-refractivity contribution in [2.75, 3.05) is 12.4 Å². The predicted molar refractivity (Wildman–Crippen MR) is 77.5 cm³/mol. The zero-order chi connectivity index (χ0) is 14.7. The van der Waals surface area contributed by atoms with Crippen molar-refractivity contribution in [3.8, 4) is 0 Å². The minimum Gasteiger partial charge on any atom is -0.467 e. The molecule has 20 heavy (non-hydrogen) atoms. The first-order chi connectivity index (χ1) is 9.54. The van der Waals surface area contributed by atoms with Gasteiger partial charge in [-0.3, -0.25) is 4.68 Å². The molecule has 0 bridgehead atoms. The van der Waals surface area contributed by atoms with Crippen LogP contribution in [0.2, 0.25) is 0 Å². The Morgan fingerprint density at radius 2 is 2.05 bits per heavy atom. The Bertz CT molecular complexity index is 619. The molecule has 1 N–H and O–H groups in total. The van der Waals surface area contributed by atoms with Crippen LogP contribution in [-0.2, 0) is 16.6 Å². The summed E-state index contributed by atoms with van der Waals surface area (Å²) in [6.07, 6.45) is 1.70. The number of carbonyl (C=O) groups is 1. The molecule has 0 spiro atoms. The summed E-state index contributed by atoms with van der Waals surface area (Å²) in [7, 11) is 3.24. The Labute approximate surface area is 118 Å². The minimum atomic E-state index is -0.560. The van der Waals surface area contributed by atoms with E-state index in [4.69, 9.17) is 4.74 Å². The van der Waals surface area contributed by atoms with E-state index in [1.807, 2.05) is 45.2 Å². The maximum Gasteiger partial charge on any atom is 0.333 e. The highest BCUT2D eigenvalue weighted by Gasteiger charge is 2.25. The fraction of sp³-hybridized carbons (Fsp3) is 0.333. The first kappa shape index (κ1) is 14.1. The molecule has 0 amide bonds. The van der Waals surface area contributed by atoms with Crippen LogP contribution in [-0.4, -0.2) is 22.9 Å². The quantitative estimate of drug-likeness (QED) is 0.869. The second kappa shape index (κ2) is 5.77. The standard InChI is InChI=1S/C15H19N3O2/c1-10-7-5-6-8-13(10)17-14(15(19)20-4)12-9-16-18(3)11(12)2/h5-9,14,17H,1-4H3. The second-order valence-electron chi connectivity index (χ2n) is 4.72. The summed E-state index contributed by atoms with van der Waals surface area (Å²) in [6, 6.07) is 7.27. The summed E-state index contributed by atoms with van der Waals surface area (Å²) >= 11 is 0. The van der Waals surface area contributed by atoms with E-state index in [1.54, 1.807) is 10.9 Å². The first-order valence-corrected chi connectivity index (χ1v) is 6.43. The van der Waals surface area contributed by atoms with Gasteiger partial charge in [-0.05, 0) is 25.5 Å². The van der Waals surface area contributed by atoms with Crippen molar-refractivity contribution in [1.29, 1.82) is 0 Å². The Morgan fingerprint density at radius 3 is 2.60 bits per heavy atom. The van der Waals surface area contributed by atoms with E-state index in [0.29, 0.717) is 0 Å². The predicted octanol–water partition coefficient (Wildman–Crippen LogP) is 2.36. The smallest absolute Gasteiger partial charge is 0.333 e. The highest BCUT2D eigenvalue weighted by Crippen LogP contribution is 2.25. The molecule has 0 radical (unpaired) electrons. The highest BCUT2D eigenvalue weighted by molar-refractivity contribution is 5.81. The SMILES string of the molecule is COC(=O)C(Nc1ccccc1C)c1cnn(C)c1C.